The van der Waals surface area contributed by atoms with Crippen LogP contribution in [0.4, 0.5) is 0 Å². The summed E-state index contributed by atoms with van der Waals surface area (Å²) in [6.07, 6.45) is 2.01. The molecule has 1 atom stereocenters. The van der Waals surface area contributed by atoms with E-state index in [4.69, 9.17) is 4.74 Å². The van der Waals surface area contributed by atoms with Gasteiger partial charge in [0.05, 0.1) is 18.2 Å². The van der Waals surface area contributed by atoms with Gasteiger partial charge >= 0.3 is 0 Å². The highest BCUT2D eigenvalue weighted by atomic mass is 79.9. The number of Topliss-reactive ketones (excluding diaryl/α,β-unsaturated/α-hetero) is 1. The zero-order chi connectivity index (χ0) is 25.5. The van der Waals surface area contributed by atoms with E-state index in [0.717, 1.165) is 47.3 Å². The van der Waals surface area contributed by atoms with Crippen molar-refractivity contribution in [2.45, 2.75) is 46.6 Å². The van der Waals surface area contributed by atoms with Gasteiger partial charge in [-0.25, -0.2) is 0 Å². The lowest BCUT2D eigenvalue weighted by atomic mass is 9.95. The van der Waals surface area contributed by atoms with Crippen LogP contribution < -0.4 is 4.74 Å². The van der Waals surface area contributed by atoms with E-state index >= 15 is 0 Å². The number of aryl methyl sites for hydroxylation is 1. The van der Waals surface area contributed by atoms with Crippen molar-refractivity contribution in [3.05, 3.63) is 69.2 Å². The predicted octanol–water partition coefficient (Wildman–Crippen LogP) is 5.70. The number of likely N-dealkylation sites (tertiary alicyclic amines) is 1. The number of amides is 1. The number of ether oxygens (including phenoxy) is 1. The van der Waals surface area contributed by atoms with Gasteiger partial charge in [0.25, 0.3) is 11.7 Å². The molecule has 188 valence electrons. The summed E-state index contributed by atoms with van der Waals surface area (Å²) in [5.74, 6) is -0.650. The van der Waals surface area contributed by atoms with Crippen molar-refractivity contribution in [1.82, 2.24) is 9.80 Å². The molecule has 2 aromatic carbocycles. The summed E-state index contributed by atoms with van der Waals surface area (Å²) in [6, 6.07) is 12.2. The monoisotopic (exact) mass is 542 g/mol. The number of halogens is 1. The third-order valence-corrected chi connectivity index (χ3v) is 7.01. The molecule has 0 saturated carbocycles. The number of hydrogen-bond acceptors (Lipinski definition) is 5. The van der Waals surface area contributed by atoms with Crippen molar-refractivity contribution in [1.29, 1.82) is 0 Å². The van der Waals surface area contributed by atoms with Crippen LogP contribution in [-0.4, -0.2) is 59.4 Å². The highest BCUT2D eigenvalue weighted by Crippen LogP contribution is 2.40. The summed E-state index contributed by atoms with van der Waals surface area (Å²) in [5, 5.41) is 11.3. The molecule has 3 rings (SSSR count). The molecule has 0 aliphatic carbocycles. The fourth-order valence-electron chi connectivity index (χ4n) is 4.33. The van der Waals surface area contributed by atoms with Gasteiger partial charge in [-0.05, 0) is 67.9 Å². The molecule has 0 bridgehead atoms. The quantitative estimate of drug-likeness (QED) is 0.171. The normalized spacial score (nSPS) is 17.4. The zero-order valence-electron chi connectivity index (χ0n) is 21.0. The molecule has 1 aliphatic rings. The SMILES string of the molecule is CCCCOc1ccc(/C(O)=C2\C(=O)C(=O)N(CCN(CC)CC)[C@@H]2c2ccc(Br)cc2)cc1C. The van der Waals surface area contributed by atoms with Crippen LogP contribution in [0.3, 0.4) is 0 Å². The molecule has 1 fully saturated rings. The van der Waals surface area contributed by atoms with Crippen molar-refractivity contribution >= 4 is 33.4 Å². The summed E-state index contributed by atoms with van der Waals surface area (Å²) in [5.41, 5.74) is 2.26. The number of hydrogen-bond donors (Lipinski definition) is 1. The van der Waals surface area contributed by atoms with Crippen LogP contribution in [0, 0.1) is 6.92 Å². The second-order valence-corrected chi connectivity index (χ2v) is 9.67. The Morgan fingerprint density at radius 3 is 2.37 bits per heavy atom. The Bertz CT molecular complexity index is 1080. The van der Waals surface area contributed by atoms with Crippen LogP contribution >= 0.6 is 15.9 Å². The van der Waals surface area contributed by atoms with Crippen LogP contribution in [-0.2, 0) is 9.59 Å². The molecule has 7 heteroatoms. The van der Waals surface area contributed by atoms with Gasteiger partial charge < -0.3 is 19.6 Å². The summed E-state index contributed by atoms with van der Waals surface area (Å²) in [7, 11) is 0. The van der Waals surface area contributed by atoms with E-state index in [9.17, 15) is 14.7 Å². The molecule has 1 aliphatic heterocycles. The Labute approximate surface area is 216 Å². The van der Waals surface area contributed by atoms with Crippen molar-refractivity contribution in [2.24, 2.45) is 0 Å². The summed E-state index contributed by atoms with van der Waals surface area (Å²) < 4.78 is 6.73. The number of carbonyl (C=O) groups is 2. The standard InChI is InChI=1S/C28H35BrN2O4/c1-5-8-17-35-23-14-11-21(18-19(23)4)26(32)24-25(20-9-12-22(29)13-10-20)31(28(34)27(24)33)16-15-30(6-2)7-3/h9-14,18,25,32H,5-8,15-17H2,1-4H3/b26-24+/t25-/m1/s1. The Balaban J connectivity index is 2.03. The summed E-state index contributed by atoms with van der Waals surface area (Å²) in [6.45, 7) is 11.5. The maximum atomic E-state index is 13.2. The largest absolute Gasteiger partial charge is 0.507 e. The van der Waals surface area contributed by atoms with Gasteiger partial charge in [0, 0.05) is 23.1 Å². The lowest BCUT2D eigenvalue weighted by Gasteiger charge is -2.28. The lowest BCUT2D eigenvalue weighted by Crippen LogP contribution is -2.38. The number of aliphatic hydroxyl groups excluding tert-OH is 1. The second kappa shape index (κ2) is 12.4. The Hall–Kier alpha value is -2.64. The second-order valence-electron chi connectivity index (χ2n) is 8.75. The van der Waals surface area contributed by atoms with E-state index in [1.165, 1.54) is 0 Å². The fraction of sp³-hybridized carbons (Fsp3) is 0.429. The van der Waals surface area contributed by atoms with Gasteiger partial charge in [0.1, 0.15) is 11.5 Å². The van der Waals surface area contributed by atoms with Crippen LogP contribution in [0.1, 0.15) is 56.3 Å². The average molecular weight is 544 g/mol. The Morgan fingerprint density at radius 2 is 1.77 bits per heavy atom. The van der Waals surface area contributed by atoms with Crippen molar-refractivity contribution < 1.29 is 19.4 Å². The third-order valence-electron chi connectivity index (χ3n) is 6.48. The molecule has 1 N–H and O–H groups in total. The topological polar surface area (TPSA) is 70.1 Å². The van der Waals surface area contributed by atoms with E-state index in [2.05, 4.69) is 41.6 Å². The maximum absolute atomic E-state index is 13.2. The van der Waals surface area contributed by atoms with Gasteiger partial charge in [0.2, 0.25) is 0 Å². The lowest BCUT2D eigenvalue weighted by molar-refractivity contribution is -0.140. The van der Waals surface area contributed by atoms with Crippen molar-refractivity contribution in [3.63, 3.8) is 0 Å². The molecular weight excluding hydrogens is 508 g/mol. The van der Waals surface area contributed by atoms with Gasteiger partial charge in [-0.2, -0.15) is 0 Å². The number of likely N-dealkylation sites (N-methyl/N-ethyl adjacent to an activating group) is 1. The predicted molar refractivity (Wildman–Crippen MR) is 143 cm³/mol. The molecular formula is C28H35BrN2O4. The number of benzene rings is 2. The summed E-state index contributed by atoms with van der Waals surface area (Å²) in [4.78, 5) is 30.2. The zero-order valence-corrected chi connectivity index (χ0v) is 22.6. The van der Waals surface area contributed by atoms with Gasteiger partial charge in [0.15, 0.2) is 0 Å². The number of carbonyl (C=O) groups excluding carboxylic acids is 2. The van der Waals surface area contributed by atoms with E-state index in [1.54, 1.807) is 17.0 Å². The van der Waals surface area contributed by atoms with Crippen LogP contribution in [0.25, 0.3) is 5.76 Å². The minimum Gasteiger partial charge on any atom is -0.507 e. The first-order valence-electron chi connectivity index (χ1n) is 12.3. The number of rotatable bonds is 11. The molecule has 1 heterocycles. The third kappa shape index (κ3) is 6.14. The number of ketones is 1. The molecule has 6 nitrogen and oxygen atoms in total. The Morgan fingerprint density at radius 1 is 1.09 bits per heavy atom. The highest BCUT2D eigenvalue weighted by molar-refractivity contribution is 9.10. The average Bonchev–Trinajstić information content (AvgIpc) is 3.10. The van der Waals surface area contributed by atoms with Crippen molar-refractivity contribution in [3.8, 4) is 5.75 Å². The van der Waals surface area contributed by atoms with E-state index in [0.29, 0.717) is 25.3 Å². The van der Waals surface area contributed by atoms with Crippen LogP contribution in [0.2, 0.25) is 0 Å². The molecule has 2 aromatic rings. The first-order valence-corrected chi connectivity index (χ1v) is 13.1. The molecule has 1 amide bonds. The van der Waals surface area contributed by atoms with Crippen molar-refractivity contribution in [2.75, 3.05) is 32.8 Å². The van der Waals surface area contributed by atoms with Crippen LogP contribution in [0.5, 0.6) is 5.75 Å². The fourth-order valence-corrected chi connectivity index (χ4v) is 4.60. The van der Waals surface area contributed by atoms with E-state index < -0.39 is 17.7 Å². The van der Waals surface area contributed by atoms with E-state index in [-0.39, 0.29) is 11.3 Å². The smallest absolute Gasteiger partial charge is 0.295 e. The molecule has 0 unspecified atom stereocenters. The number of unbranched alkanes of at least 4 members (excludes halogenated alkanes) is 1. The molecule has 1 saturated heterocycles. The number of aliphatic hydroxyl groups is 1. The molecule has 35 heavy (non-hydrogen) atoms. The van der Waals surface area contributed by atoms with Crippen LogP contribution in [0.15, 0.2) is 52.5 Å². The minimum absolute atomic E-state index is 0.121. The van der Waals surface area contributed by atoms with Gasteiger partial charge in [-0.15, -0.1) is 0 Å². The Kier molecular flexibility index (Phi) is 9.52. The van der Waals surface area contributed by atoms with Gasteiger partial charge in [-0.1, -0.05) is 55.3 Å². The molecule has 0 aromatic heterocycles. The number of nitrogens with zero attached hydrogens (tertiary/aromatic N) is 2. The summed E-state index contributed by atoms with van der Waals surface area (Å²) >= 11 is 3.45. The maximum Gasteiger partial charge on any atom is 0.295 e. The minimum atomic E-state index is -0.657. The van der Waals surface area contributed by atoms with E-state index in [1.807, 2.05) is 37.3 Å². The molecule has 0 radical (unpaired) electrons. The highest BCUT2D eigenvalue weighted by Gasteiger charge is 2.46. The molecule has 0 spiro atoms. The first kappa shape index (κ1) is 27.0. The van der Waals surface area contributed by atoms with Gasteiger partial charge in [-0.3, -0.25) is 9.59 Å². The first-order chi connectivity index (χ1) is 16.8.